The average molecular weight is 367 g/mol. The monoisotopic (exact) mass is 366 g/mol. The average Bonchev–Trinajstić information content (AvgIpc) is 3.22. The molecule has 4 atom stereocenters. The Hall–Kier alpha value is -2.33. The molecular formula is C23H30N2O2. The summed E-state index contributed by atoms with van der Waals surface area (Å²) in [6.07, 6.45) is 0.823. The van der Waals surface area contributed by atoms with Gasteiger partial charge in [-0.05, 0) is 49.7 Å². The van der Waals surface area contributed by atoms with E-state index in [0.717, 1.165) is 12.0 Å². The smallest absolute Gasteiger partial charge is 0.224 e. The quantitative estimate of drug-likeness (QED) is 0.791. The van der Waals surface area contributed by atoms with E-state index in [0.29, 0.717) is 12.5 Å². The zero-order chi connectivity index (χ0) is 19.6. The molecule has 4 heteroatoms. The summed E-state index contributed by atoms with van der Waals surface area (Å²) in [4.78, 5) is 15.0. The molecule has 0 spiro atoms. The fraction of sp³-hybridized carbons (Fsp3) is 0.435. The second-order valence-corrected chi connectivity index (χ2v) is 8.15. The van der Waals surface area contributed by atoms with Crippen molar-refractivity contribution in [2.24, 2.45) is 11.8 Å². The van der Waals surface area contributed by atoms with E-state index in [-0.39, 0.29) is 29.0 Å². The van der Waals surface area contributed by atoms with E-state index in [1.807, 2.05) is 44.4 Å². The van der Waals surface area contributed by atoms with E-state index in [1.165, 1.54) is 5.56 Å². The molecule has 1 aliphatic carbocycles. The van der Waals surface area contributed by atoms with Crippen molar-refractivity contribution in [3.63, 3.8) is 0 Å². The fourth-order valence-electron chi connectivity index (χ4n) is 4.14. The van der Waals surface area contributed by atoms with E-state index >= 15 is 0 Å². The van der Waals surface area contributed by atoms with Crippen molar-refractivity contribution in [1.29, 1.82) is 0 Å². The molecule has 0 bridgehead atoms. The summed E-state index contributed by atoms with van der Waals surface area (Å²) in [5.41, 5.74) is 2.32. The van der Waals surface area contributed by atoms with E-state index < -0.39 is 0 Å². The first kappa shape index (κ1) is 19.4. The molecule has 0 saturated heterocycles. The van der Waals surface area contributed by atoms with E-state index in [9.17, 15) is 9.90 Å². The molecule has 3 rings (SSSR count). The number of carbonyl (C=O) groups excluding carboxylic acids is 1. The molecule has 0 heterocycles. The number of benzene rings is 2. The number of hydrogen-bond donors (Lipinski definition) is 2. The SMILES string of the molecule is CC1C(C(=O)NC[C@H](Cc2ccc(O)cc2)N(C)C)[C@]1(C)c1ccccc1. The predicted molar refractivity (Wildman–Crippen MR) is 109 cm³/mol. The van der Waals surface area contributed by atoms with Crippen molar-refractivity contribution in [2.75, 3.05) is 20.6 Å². The van der Waals surface area contributed by atoms with Crippen LogP contribution in [0, 0.1) is 11.8 Å². The van der Waals surface area contributed by atoms with Crippen molar-refractivity contribution in [3.05, 3.63) is 65.7 Å². The third-order valence-electron chi connectivity index (χ3n) is 6.31. The van der Waals surface area contributed by atoms with Crippen LogP contribution in [0.15, 0.2) is 54.6 Å². The number of rotatable bonds is 7. The van der Waals surface area contributed by atoms with Crippen molar-refractivity contribution in [1.82, 2.24) is 10.2 Å². The normalized spacial score (nSPS) is 25.2. The first-order chi connectivity index (χ1) is 12.8. The van der Waals surface area contributed by atoms with Crippen molar-refractivity contribution in [2.45, 2.75) is 31.7 Å². The number of hydrogen-bond acceptors (Lipinski definition) is 3. The summed E-state index contributed by atoms with van der Waals surface area (Å²) in [5.74, 6) is 0.786. The van der Waals surface area contributed by atoms with Crippen molar-refractivity contribution in [3.8, 4) is 5.75 Å². The molecule has 27 heavy (non-hydrogen) atoms. The number of nitrogens with one attached hydrogen (secondary N) is 1. The molecule has 1 fully saturated rings. The molecule has 1 amide bonds. The van der Waals surface area contributed by atoms with Gasteiger partial charge in [-0.3, -0.25) is 4.79 Å². The van der Waals surface area contributed by atoms with Gasteiger partial charge in [-0.25, -0.2) is 0 Å². The lowest BCUT2D eigenvalue weighted by molar-refractivity contribution is -0.123. The number of phenols is 1. The Morgan fingerprint density at radius 2 is 1.78 bits per heavy atom. The van der Waals surface area contributed by atoms with Crippen molar-refractivity contribution >= 4 is 5.91 Å². The van der Waals surface area contributed by atoms with Crippen LogP contribution in [-0.2, 0) is 16.6 Å². The summed E-state index contributed by atoms with van der Waals surface area (Å²) in [7, 11) is 4.07. The number of aromatic hydroxyl groups is 1. The third kappa shape index (κ3) is 4.01. The lowest BCUT2D eigenvalue weighted by Gasteiger charge is -2.25. The first-order valence-electron chi connectivity index (χ1n) is 9.61. The van der Waals surface area contributed by atoms with Gasteiger partial charge < -0.3 is 15.3 Å². The highest BCUT2D eigenvalue weighted by molar-refractivity contribution is 5.85. The van der Waals surface area contributed by atoms with Crippen LogP contribution in [0.1, 0.15) is 25.0 Å². The zero-order valence-electron chi connectivity index (χ0n) is 16.6. The maximum absolute atomic E-state index is 12.9. The van der Waals surface area contributed by atoms with Crippen LogP contribution in [0.3, 0.4) is 0 Å². The Morgan fingerprint density at radius 3 is 2.37 bits per heavy atom. The first-order valence-corrected chi connectivity index (χ1v) is 9.61. The molecule has 2 aromatic rings. The molecule has 0 radical (unpaired) electrons. The van der Waals surface area contributed by atoms with Crippen LogP contribution in [0.5, 0.6) is 5.75 Å². The highest BCUT2D eigenvalue weighted by Crippen LogP contribution is 2.59. The minimum atomic E-state index is -0.0735. The van der Waals surface area contributed by atoms with Gasteiger partial charge in [-0.1, -0.05) is 56.3 Å². The summed E-state index contributed by atoms with van der Waals surface area (Å²) >= 11 is 0. The van der Waals surface area contributed by atoms with E-state index in [2.05, 4.69) is 36.2 Å². The van der Waals surface area contributed by atoms with Crippen LogP contribution in [0.4, 0.5) is 0 Å². The van der Waals surface area contributed by atoms with Gasteiger partial charge in [0.15, 0.2) is 0 Å². The zero-order valence-corrected chi connectivity index (χ0v) is 16.6. The number of phenolic OH excluding ortho intramolecular Hbond substituents is 1. The maximum Gasteiger partial charge on any atom is 0.224 e. The molecule has 0 aromatic heterocycles. The van der Waals surface area contributed by atoms with Crippen LogP contribution >= 0.6 is 0 Å². The molecule has 2 N–H and O–H groups in total. The van der Waals surface area contributed by atoms with Crippen molar-refractivity contribution < 1.29 is 9.90 Å². The summed E-state index contributed by atoms with van der Waals surface area (Å²) in [5, 5.41) is 12.6. The largest absolute Gasteiger partial charge is 0.508 e. The Morgan fingerprint density at radius 1 is 1.15 bits per heavy atom. The van der Waals surface area contributed by atoms with Gasteiger partial charge in [0.25, 0.3) is 0 Å². The Bertz CT molecular complexity index is 773. The molecule has 2 aromatic carbocycles. The molecular weight excluding hydrogens is 336 g/mol. The Labute approximate surface area is 162 Å². The number of nitrogens with zero attached hydrogens (tertiary/aromatic N) is 1. The molecule has 4 nitrogen and oxygen atoms in total. The molecule has 1 aliphatic rings. The number of amides is 1. The third-order valence-corrected chi connectivity index (χ3v) is 6.31. The van der Waals surface area contributed by atoms with Gasteiger partial charge in [-0.15, -0.1) is 0 Å². The van der Waals surface area contributed by atoms with Gasteiger partial charge in [0.2, 0.25) is 5.91 Å². The van der Waals surface area contributed by atoms with Crippen LogP contribution in [0.2, 0.25) is 0 Å². The van der Waals surface area contributed by atoms with Gasteiger partial charge in [-0.2, -0.15) is 0 Å². The second kappa shape index (κ2) is 7.73. The standard InChI is InChI=1S/C23H30N2O2/c1-16-21(23(16,2)18-8-6-5-7-9-18)22(27)24-15-19(25(3)4)14-17-10-12-20(26)13-11-17/h5-13,16,19,21,26H,14-15H2,1-4H3,(H,24,27)/t16?,19-,21?,23-/m0/s1. The highest BCUT2D eigenvalue weighted by Gasteiger charge is 2.62. The topological polar surface area (TPSA) is 52.6 Å². The molecule has 144 valence electrons. The van der Waals surface area contributed by atoms with Gasteiger partial charge in [0, 0.05) is 18.0 Å². The van der Waals surface area contributed by atoms with Crippen LogP contribution in [-0.4, -0.2) is 42.6 Å². The van der Waals surface area contributed by atoms with Gasteiger partial charge in [0.05, 0.1) is 5.92 Å². The van der Waals surface area contributed by atoms with E-state index in [4.69, 9.17) is 0 Å². The lowest BCUT2D eigenvalue weighted by atomic mass is 9.94. The summed E-state index contributed by atoms with van der Waals surface area (Å²) in [6.45, 7) is 4.97. The minimum Gasteiger partial charge on any atom is -0.508 e. The predicted octanol–water partition coefficient (Wildman–Crippen LogP) is 3.20. The Balaban J connectivity index is 1.61. The molecule has 2 unspecified atom stereocenters. The minimum absolute atomic E-state index is 0.0244. The second-order valence-electron chi connectivity index (χ2n) is 8.15. The number of carbonyl (C=O) groups is 1. The lowest BCUT2D eigenvalue weighted by Crippen LogP contribution is -2.42. The van der Waals surface area contributed by atoms with Gasteiger partial charge >= 0.3 is 0 Å². The van der Waals surface area contributed by atoms with Crippen LogP contribution in [0.25, 0.3) is 0 Å². The summed E-state index contributed by atoms with van der Waals surface area (Å²) in [6, 6.07) is 17.8. The van der Waals surface area contributed by atoms with Crippen LogP contribution < -0.4 is 5.32 Å². The van der Waals surface area contributed by atoms with Gasteiger partial charge in [0.1, 0.15) is 5.75 Å². The summed E-state index contributed by atoms with van der Waals surface area (Å²) < 4.78 is 0. The molecule has 0 aliphatic heterocycles. The fourth-order valence-corrected chi connectivity index (χ4v) is 4.14. The number of likely N-dealkylation sites (N-methyl/N-ethyl adjacent to an activating group) is 1. The molecule has 1 saturated carbocycles. The highest BCUT2D eigenvalue weighted by atomic mass is 16.3. The Kier molecular flexibility index (Phi) is 5.56. The van der Waals surface area contributed by atoms with E-state index in [1.54, 1.807) is 12.1 Å². The maximum atomic E-state index is 12.9.